The summed E-state index contributed by atoms with van der Waals surface area (Å²) in [5.41, 5.74) is 4.70. The summed E-state index contributed by atoms with van der Waals surface area (Å²) >= 11 is 0. The summed E-state index contributed by atoms with van der Waals surface area (Å²) in [4.78, 5) is 25.3. The zero-order valence-electron chi connectivity index (χ0n) is 16.0. The van der Waals surface area contributed by atoms with Crippen LogP contribution in [0.4, 0.5) is 5.95 Å². The molecule has 0 saturated heterocycles. The van der Waals surface area contributed by atoms with E-state index in [0.717, 1.165) is 40.6 Å². The van der Waals surface area contributed by atoms with Crippen molar-refractivity contribution in [1.29, 1.82) is 0 Å². The molecule has 1 aromatic carbocycles. The van der Waals surface area contributed by atoms with Crippen LogP contribution in [0.3, 0.4) is 0 Å². The topological polar surface area (TPSA) is 107 Å². The quantitative estimate of drug-likeness (QED) is 0.570. The SMILES string of the molecule is Cc1ncnc2c(C)cc(-c3nnc(NC(=O)C4CC4)nc3-c3ccco3)cc12. The van der Waals surface area contributed by atoms with Crippen LogP contribution in [0.1, 0.15) is 24.1 Å². The lowest BCUT2D eigenvalue weighted by molar-refractivity contribution is -0.117. The minimum absolute atomic E-state index is 0.0523. The maximum absolute atomic E-state index is 12.1. The number of amides is 1. The highest BCUT2D eigenvalue weighted by molar-refractivity contribution is 5.93. The van der Waals surface area contributed by atoms with Crippen molar-refractivity contribution >= 4 is 22.8 Å². The Kier molecular flexibility index (Phi) is 4.04. The summed E-state index contributed by atoms with van der Waals surface area (Å²) in [5.74, 6) is 0.709. The average molecular weight is 386 g/mol. The summed E-state index contributed by atoms with van der Waals surface area (Å²) in [6.07, 6.45) is 4.95. The van der Waals surface area contributed by atoms with Gasteiger partial charge in [-0.1, -0.05) is 0 Å². The number of hydrogen-bond donors (Lipinski definition) is 1. The molecule has 4 aromatic rings. The van der Waals surface area contributed by atoms with Crippen LogP contribution in [-0.4, -0.2) is 31.1 Å². The summed E-state index contributed by atoms with van der Waals surface area (Å²) in [7, 11) is 0. The Morgan fingerprint density at radius 3 is 2.76 bits per heavy atom. The van der Waals surface area contributed by atoms with Gasteiger partial charge in [0.25, 0.3) is 0 Å². The molecule has 3 heterocycles. The number of furan rings is 1. The second-order valence-electron chi connectivity index (χ2n) is 7.22. The van der Waals surface area contributed by atoms with Crippen LogP contribution in [-0.2, 0) is 4.79 Å². The number of nitrogens with one attached hydrogen (secondary N) is 1. The molecule has 1 aliphatic carbocycles. The fourth-order valence-corrected chi connectivity index (χ4v) is 3.32. The molecule has 1 N–H and O–H groups in total. The second-order valence-corrected chi connectivity index (χ2v) is 7.22. The van der Waals surface area contributed by atoms with Gasteiger partial charge in [0.15, 0.2) is 5.76 Å². The predicted octanol–water partition coefficient (Wildman–Crippen LogP) is 3.71. The van der Waals surface area contributed by atoms with E-state index in [0.29, 0.717) is 17.1 Å². The van der Waals surface area contributed by atoms with Crippen molar-refractivity contribution in [3.8, 4) is 22.7 Å². The first kappa shape index (κ1) is 17.4. The van der Waals surface area contributed by atoms with Gasteiger partial charge in [-0.2, -0.15) is 0 Å². The fraction of sp³-hybridized carbons (Fsp3) is 0.238. The normalized spacial score (nSPS) is 13.6. The van der Waals surface area contributed by atoms with Gasteiger partial charge < -0.3 is 4.42 Å². The average Bonchev–Trinajstić information content (AvgIpc) is 3.43. The molecule has 1 amide bonds. The molecular weight excluding hydrogens is 368 g/mol. The lowest BCUT2D eigenvalue weighted by Gasteiger charge is -2.11. The summed E-state index contributed by atoms with van der Waals surface area (Å²) < 4.78 is 5.58. The van der Waals surface area contributed by atoms with E-state index < -0.39 is 0 Å². The van der Waals surface area contributed by atoms with Gasteiger partial charge >= 0.3 is 0 Å². The molecule has 29 heavy (non-hydrogen) atoms. The highest BCUT2D eigenvalue weighted by atomic mass is 16.3. The van der Waals surface area contributed by atoms with Gasteiger partial charge in [-0.25, -0.2) is 15.0 Å². The van der Waals surface area contributed by atoms with E-state index in [1.165, 1.54) is 0 Å². The number of nitrogens with zero attached hydrogens (tertiary/aromatic N) is 5. The maximum atomic E-state index is 12.1. The third-order valence-electron chi connectivity index (χ3n) is 5.03. The van der Waals surface area contributed by atoms with Crippen molar-refractivity contribution in [1.82, 2.24) is 25.1 Å². The van der Waals surface area contributed by atoms with Gasteiger partial charge in [0.1, 0.15) is 17.7 Å². The van der Waals surface area contributed by atoms with Gasteiger partial charge in [-0.3, -0.25) is 10.1 Å². The highest BCUT2D eigenvalue weighted by Gasteiger charge is 2.30. The maximum Gasteiger partial charge on any atom is 0.250 e. The van der Waals surface area contributed by atoms with Crippen LogP contribution in [0.25, 0.3) is 33.6 Å². The third kappa shape index (κ3) is 3.22. The Bertz CT molecular complexity index is 1230. The molecule has 8 heteroatoms. The first-order valence-corrected chi connectivity index (χ1v) is 9.42. The Morgan fingerprint density at radius 1 is 1.14 bits per heavy atom. The van der Waals surface area contributed by atoms with E-state index in [1.807, 2.05) is 32.0 Å². The van der Waals surface area contributed by atoms with Gasteiger partial charge in [0.05, 0.1) is 11.8 Å². The number of benzene rings is 1. The summed E-state index contributed by atoms with van der Waals surface area (Å²) in [6.45, 7) is 3.94. The highest BCUT2D eigenvalue weighted by Crippen LogP contribution is 2.33. The van der Waals surface area contributed by atoms with Crippen molar-refractivity contribution in [2.24, 2.45) is 5.92 Å². The minimum Gasteiger partial charge on any atom is -0.463 e. The number of anilines is 1. The molecule has 0 atom stereocenters. The van der Waals surface area contributed by atoms with E-state index >= 15 is 0 Å². The summed E-state index contributed by atoms with van der Waals surface area (Å²) in [5, 5.41) is 12.2. The fourth-order valence-electron chi connectivity index (χ4n) is 3.32. The Balaban J connectivity index is 1.65. The van der Waals surface area contributed by atoms with Crippen LogP contribution in [0.5, 0.6) is 0 Å². The van der Waals surface area contributed by atoms with Crippen LogP contribution in [0.15, 0.2) is 41.3 Å². The predicted molar refractivity (Wildman–Crippen MR) is 107 cm³/mol. The molecular formula is C21H18N6O2. The number of hydrogen-bond acceptors (Lipinski definition) is 7. The number of aromatic nitrogens is 5. The van der Waals surface area contributed by atoms with Gasteiger partial charge in [-0.05, 0) is 56.5 Å². The van der Waals surface area contributed by atoms with Crippen molar-refractivity contribution in [3.63, 3.8) is 0 Å². The minimum atomic E-state index is -0.0701. The zero-order valence-corrected chi connectivity index (χ0v) is 16.0. The van der Waals surface area contributed by atoms with Crippen molar-refractivity contribution in [2.45, 2.75) is 26.7 Å². The summed E-state index contributed by atoms with van der Waals surface area (Å²) in [6, 6.07) is 7.57. The van der Waals surface area contributed by atoms with Crippen molar-refractivity contribution < 1.29 is 9.21 Å². The van der Waals surface area contributed by atoms with Crippen LogP contribution < -0.4 is 5.32 Å². The Hall–Kier alpha value is -3.68. The number of carbonyl (C=O) groups excluding carboxylic acids is 1. The first-order valence-electron chi connectivity index (χ1n) is 9.42. The smallest absolute Gasteiger partial charge is 0.250 e. The number of fused-ring (bicyclic) bond motifs is 1. The lowest BCUT2D eigenvalue weighted by Crippen LogP contribution is -2.16. The molecule has 3 aromatic heterocycles. The van der Waals surface area contributed by atoms with Crippen molar-refractivity contribution in [2.75, 3.05) is 5.32 Å². The molecule has 5 rings (SSSR count). The van der Waals surface area contributed by atoms with Gasteiger partial charge in [0, 0.05) is 22.6 Å². The largest absolute Gasteiger partial charge is 0.463 e. The standard InChI is InChI=1S/C21H18N6O2/c1-11-8-14(9-15-12(2)22-10-23-17(11)15)18-19(16-4-3-7-29-16)24-21(27-26-18)25-20(28)13-5-6-13/h3-4,7-10,13H,5-6H2,1-2H3,(H,24,25,27,28). The number of rotatable bonds is 4. The zero-order chi connectivity index (χ0) is 20.0. The second kappa shape index (κ2) is 6.73. The molecule has 0 spiro atoms. The van der Waals surface area contributed by atoms with E-state index in [-0.39, 0.29) is 17.8 Å². The molecule has 0 bridgehead atoms. The van der Waals surface area contributed by atoms with Crippen LogP contribution >= 0.6 is 0 Å². The third-order valence-corrected chi connectivity index (χ3v) is 5.03. The van der Waals surface area contributed by atoms with E-state index in [2.05, 4.69) is 30.5 Å². The van der Waals surface area contributed by atoms with Gasteiger partial charge in [0.2, 0.25) is 11.9 Å². The molecule has 1 saturated carbocycles. The molecule has 1 fully saturated rings. The van der Waals surface area contributed by atoms with E-state index in [9.17, 15) is 4.79 Å². The van der Waals surface area contributed by atoms with Crippen LogP contribution in [0.2, 0.25) is 0 Å². The van der Waals surface area contributed by atoms with E-state index in [1.54, 1.807) is 18.7 Å². The number of carbonyl (C=O) groups is 1. The molecule has 0 radical (unpaired) electrons. The molecule has 0 aliphatic heterocycles. The number of aryl methyl sites for hydroxylation is 2. The Labute approximate surface area is 166 Å². The van der Waals surface area contributed by atoms with Gasteiger partial charge in [-0.15, -0.1) is 10.2 Å². The monoisotopic (exact) mass is 386 g/mol. The van der Waals surface area contributed by atoms with E-state index in [4.69, 9.17) is 4.42 Å². The first-order chi connectivity index (χ1) is 14.1. The van der Waals surface area contributed by atoms with Crippen molar-refractivity contribution in [3.05, 3.63) is 48.1 Å². The lowest BCUT2D eigenvalue weighted by atomic mass is 10.0. The molecule has 0 unspecified atom stereocenters. The molecule has 8 nitrogen and oxygen atoms in total. The Morgan fingerprint density at radius 2 is 2.00 bits per heavy atom. The molecule has 144 valence electrons. The van der Waals surface area contributed by atoms with Crippen LogP contribution in [0, 0.1) is 19.8 Å². The molecule has 1 aliphatic rings.